The maximum atomic E-state index is 12.7. The number of ether oxygens (including phenoxy) is 1. The molecule has 3 aromatic rings. The number of aryl methyl sites for hydroxylation is 2. The Bertz CT molecular complexity index is 1310. The molecule has 15 heteroatoms. The number of nitro benzene ring substituents is 2. The Morgan fingerprint density at radius 1 is 1.19 bits per heavy atom. The Hall–Kier alpha value is -3.85. The number of anilines is 1. The van der Waals surface area contributed by atoms with Crippen LogP contribution in [0.4, 0.5) is 17.1 Å². The van der Waals surface area contributed by atoms with Gasteiger partial charge >= 0.3 is 0 Å². The minimum atomic E-state index is -0.717. The molecule has 1 fully saturated rings. The molecule has 0 spiro atoms. The first kappa shape index (κ1) is 26.2. The molecule has 1 aromatic carbocycles. The van der Waals surface area contributed by atoms with Gasteiger partial charge in [-0.2, -0.15) is 5.10 Å². The third-order valence-electron chi connectivity index (χ3n) is 6.00. The molecule has 37 heavy (non-hydrogen) atoms. The number of nitrogens with one attached hydrogen (secondary N) is 1. The summed E-state index contributed by atoms with van der Waals surface area (Å²) in [5.74, 6) is 0.142. The van der Waals surface area contributed by atoms with Gasteiger partial charge < -0.3 is 14.6 Å². The molecule has 0 aliphatic carbocycles. The summed E-state index contributed by atoms with van der Waals surface area (Å²) in [6, 6.07) is 4.20. The first-order valence-electron chi connectivity index (χ1n) is 11.5. The van der Waals surface area contributed by atoms with Gasteiger partial charge in [0.05, 0.1) is 39.6 Å². The molecular formula is C22H26N8O6S. The fraction of sp³-hybridized carbons (Fsp3) is 0.455. The van der Waals surface area contributed by atoms with Gasteiger partial charge in [0.1, 0.15) is 11.4 Å². The lowest BCUT2D eigenvalue weighted by Crippen LogP contribution is -2.19. The van der Waals surface area contributed by atoms with Crippen molar-refractivity contribution in [3.63, 3.8) is 0 Å². The number of amides is 1. The minimum absolute atomic E-state index is 0.0184. The van der Waals surface area contributed by atoms with E-state index >= 15 is 0 Å². The van der Waals surface area contributed by atoms with E-state index in [0.29, 0.717) is 30.6 Å². The lowest BCUT2D eigenvalue weighted by molar-refractivity contribution is -0.395. The first-order valence-corrected chi connectivity index (χ1v) is 12.5. The van der Waals surface area contributed by atoms with Crippen LogP contribution in [-0.4, -0.2) is 58.8 Å². The van der Waals surface area contributed by atoms with E-state index in [1.165, 1.54) is 6.92 Å². The largest absolute Gasteiger partial charge is 0.376 e. The molecule has 0 bridgehead atoms. The normalized spacial score (nSPS) is 15.2. The molecule has 1 saturated heterocycles. The zero-order chi connectivity index (χ0) is 26.7. The molecule has 1 N–H and O–H groups in total. The molecule has 0 unspecified atom stereocenters. The first-order chi connectivity index (χ1) is 17.6. The molecule has 0 saturated carbocycles. The number of hydrogen-bond donors (Lipinski definition) is 1. The third-order valence-corrected chi connectivity index (χ3v) is 6.97. The molecule has 1 aliphatic rings. The number of rotatable bonds is 10. The van der Waals surface area contributed by atoms with Crippen LogP contribution in [0.2, 0.25) is 0 Å². The molecule has 3 heterocycles. The zero-order valence-electron chi connectivity index (χ0n) is 20.5. The van der Waals surface area contributed by atoms with Crippen LogP contribution < -0.4 is 5.32 Å². The molecule has 1 atom stereocenters. The Morgan fingerprint density at radius 3 is 2.46 bits per heavy atom. The van der Waals surface area contributed by atoms with Gasteiger partial charge in [0.25, 0.3) is 11.4 Å². The Labute approximate surface area is 215 Å². The van der Waals surface area contributed by atoms with Crippen molar-refractivity contribution in [2.24, 2.45) is 7.05 Å². The van der Waals surface area contributed by atoms with Crippen molar-refractivity contribution in [3.05, 3.63) is 61.2 Å². The number of nitrogens with zero attached hydrogens (tertiary/aromatic N) is 7. The van der Waals surface area contributed by atoms with E-state index < -0.39 is 27.1 Å². The van der Waals surface area contributed by atoms with Crippen molar-refractivity contribution in [1.29, 1.82) is 0 Å². The Morgan fingerprint density at radius 2 is 1.89 bits per heavy atom. The predicted molar refractivity (Wildman–Crippen MR) is 134 cm³/mol. The van der Waals surface area contributed by atoms with Gasteiger partial charge in [0.2, 0.25) is 5.91 Å². The second kappa shape index (κ2) is 11.0. The maximum Gasteiger partial charge on any atom is 0.281 e. The number of carbonyl (C=O) groups excluding carboxylic acids is 1. The smallest absolute Gasteiger partial charge is 0.281 e. The van der Waals surface area contributed by atoms with Crippen molar-refractivity contribution in [2.75, 3.05) is 17.7 Å². The van der Waals surface area contributed by atoms with Gasteiger partial charge in [0.15, 0.2) is 5.16 Å². The lowest BCUT2D eigenvalue weighted by Gasteiger charge is -2.14. The number of hydrogen-bond acceptors (Lipinski definition) is 10. The van der Waals surface area contributed by atoms with E-state index in [1.54, 1.807) is 4.68 Å². The van der Waals surface area contributed by atoms with Crippen LogP contribution in [-0.2, 0) is 29.5 Å². The summed E-state index contributed by atoms with van der Waals surface area (Å²) < 4.78 is 9.53. The molecule has 1 aliphatic heterocycles. The molecule has 1 amide bonds. The van der Waals surface area contributed by atoms with Crippen LogP contribution in [0.3, 0.4) is 0 Å². The van der Waals surface area contributed by atoms with E-state index in [1.807, 2.05) is 24.6 Å². The van der Waals surface area contributed by atoms with Crippen molar-refractivity contribution in [3.8, 4) is 0 Å². The highest BCUT2D eigenvalue weighted by atomic mass is 32.2. The Kier molecular flexibility index (Phi) is 7.83. The fourth-order valence-electron chi connectivity index (χ4n) is 4.19. The highest BCUT2D eigenvalue weighted by Crippen LogP contribution is 2.32. The quantitative estimate of drug-likeness (QED) is 0.233. The topological polar surface area (TPSA) is 173 Å². The second-order valence-electron chi connectivity index (χ2n) is 8.71. The van der Waals surface area contributed by atoms with E-state index in [9.17, 15) is 25.0 Å². The number of benzene rings is 1. The van der Waals surface area contributed by atoms with E-state index in [2.05, 4.69) is 20.6 Å². The van der Waals surface area contributed by atoms with Gasteiger partial charge in [-0.3, -0.25) is 29.7 Å². The van der Waals surface area contributed by atoms with Crippen molar-refractivity contribution < 1.29 is 19.4 Å². The van der Waals surface area contributed by atoms with Crippen molar-refractivity contribution >= 4 is 34.7 Å². The van der Waals surface area contributed by atoms with Crippen LogP contribution in [0.15, 0.2) is 23.4 Å². The zero-order valence-corrected chi connectivity index (χ0v) is 21.4. The maximum absolute atomic E-state index is 12.7. The summed E-state index contributed by atoms with van der Waals surface area (Å²) >= 11 is 1.15. The van der Waals surface area contributed by atoms with Crippen LogP contribution in [0.1, 0.15) is 35.6 Å². The summed E-state index contributed by atoms with van der Waals surface area (Å²) in [4.78, 5) is 33.9. The molecule has 14 nitrogen and oxygen atoms in total. The number of thioether (sulfide) groups is 1. The highest BCUT2D eigenvalue weighted by molar-refractivity contribution is 7.99. The number of carbonyl (C=O) groups is 1. The van der Waals surface area contributed by atoms with Gasteiger partial charge in [-0.05, 0) is 32.8 Å². The highest BCUT2D eigenvalue weighted by Gasteiger charge is 2.25. The van der Waals surface area contributed by atoms with Crippen LogP contribution >= 0.6 is 11.8 Å². The van der Waals surface area contributed by atoms with Crippen molar-refractivity contribution in [1.82, 2.24) is 24.5 Å². The average molecular weight is 531 g/mol. The fourth-order valence-corrected chi connectivity index (χ4v) is 4.95. The summed E-state index contributed by atoms with van der Waals surface area (Å²) in [7, 11) is 1.86. The predicted octanol–water partition coefficient (Wildman–Crippen LogP) is 2.95. The van der Waals surface area contributed by atoms with Gasteiger partial charge in [-0.1, -0.05) is 11.8 Å². The van der Waals surface area contributed by atoms with E-state index in [-0.39, 0.29) is 23.1 Å². The molecular weight excluding hydrogens is 504 g/mol. The van der Waals surface area contributed by atoms with Crippen LogP contribution in [0.25, 0.3) is 0 Å². The van der Waals surface area contributed by atoms with Gasteiger partial charge in [-0.15, -0.1) is 10.2 Å². The van der Waals surface area contributed by atoms with E-state index in [4.69, 9.17) is 4.74 Å². The molecule has 2 aromatic heterocycles. The van der Waals surface area contributed by atoms with Crippen LogP contribution in [0, 0.1) is 34.1 Å². The second-order valence-corrected chi connectivity index (χ2v) is 9.65. The third kappa shape index (κ3) is 6.11. The summed E-state index contributed by atoms with van der Waals surface area (Å²) in [6.07, 6.45) is 2.41. The number of nitro groups is 2. The minimum Gasteiger partial charge on any atom is -0.376 e. The molecule has 196 valence electrons. The van der Waals surface area contributed by atoms with E-state index in [0.717, 1.165) is 48.1 Å². The summed E-state index contributed by atoms with van der Waals surface area (Å²) in [6.45, 7) is 4.45. The summed E-state index contributed by atoms with van der Waals surface area (Å²) in [5, 5.41) is 38.7. The Balaban J connectivity index is 1.50. The number of aromatic nitrogens is 5. The average Bonchev–Trinajstić information content (AvgIpc) is 3.55. The van der Waals surface area contributed by atoms with Gasteiger partial charge in [0, 0.05) is 37.9 Å². The van der Waals surface area contributed by atoms with Gasteiger partial charge in [-0.25, -0.2) is 0 Å². The standard InChI is InChI=1S/C22H26N8O6S/c1-13-7-16(27(3)26-13)10-20-24-25-22(28(20)11-17-5-4-6-36-17)37-12-21(31)23-15-8-18(29(32)33)14(2)19(9-15)30(34)35/h7-9,17H,4-6,10-12H2,1-3H3,(H,23,31)/t17-/m0/s1. The SMILES string of the molecule is Cc1cc(Cc2nnc(SCC(=O)Nc3cc([N+](=O)[O-])c(C)c([N+](=O)[O-])c3)n2C[C@@H]2CCCO2)n(C)n1. The summed E-state index contributed by atoms with van der Waals surface area (Å²) in [5.41, 5.74) is 0.872. The van der Waals surface area contributed by atoms with Crippen LogP contribution in [0.5, 0.6) is 0 Å². The molecule has 4 rings (SSSR count). The monoisotopic (exact) mass is 530 g/mol. The lowest BCUT2D eigenvalue weighted by atomic mass is 10.1. The van der Waals surface area contributed by atoms with Crippen molar-refractivity contribution in [2.45, 2.75) is 50.9 Å². The molecule has 0 radical (unpaired) electrons.